The van der Waals surface area contributed by atoms with E-state index in [4.69, 9.17) is 11.6 Å². The van der Waals surface area contributed by atoms with E-state index in [-0.39, 0.29) is 17.5 Å². The fraction of sp³-hybridized carbons (Fsp3) is 0.625. The van der Waals surface area contributed by atoms with E-state index in [1.165, 1.54) is 9.75 Å². The lowest BCUT2D eigenvalue weighted by Crippen LogP contribution is -2.38. The SMILES string of the molecule is CCC12CCCN1C(=O)c1cc(C3NC(Cl)=NCC3C)sc12. The van der Waals surface area contributed by atoms with E-state index in [2.05, 4.69) is 35.1 Å². The molecule has 3 aliphatic rings. The molecule has 1 fully saturated rings. The molecule has 0 aromatic carbocycles. The molecule has 4 nitrogen and oxygen atoms in total. The van der Waals surface area contributed by atoms with Crippen LogP contribution in [0.15, 0.2) is 11.1 Å². The topological polar surface area (TPSA) is 44.7 Å². The molecule has 4 rings (SSSR count). The van der Waals surface area contributed by atoms with Crippen LogP contribution in [0.5, 0.6) is 0 Å². The molecule has 0 radical (unpaired) electrons. The van der Waals surface area contributed by atoms with E-state index in [0.29, 0.717) is 11.2 Å². The van der Waals surface area contributed by atoms with Crippen LogP contribution in [-0.2, 0) is 5.54 Å². The largest absolute Gasteiger partial charge is 0.353 e. The zero-order chi connectivity index (χ0) is 15.5. The van der Waals surface area contributed by atoms with Crippen LogP contribution in [0.4, 0.5) is 0 Å². The monoisotopic (exact) mass is 337 g/mol. The third-order valence-corrected chi connectivity index (χ3v) is 7.03. The van der Waals surface area contributed by atoms with Gasteiger partial charge in [-0.2, -0.15) is 0 Å². The number of nitrogens with one attached hydrogen (secondary N) is 1. The molecule has 3 atom stereocenters. The Kier molecular flexibility index (Phi) is 3.28. The molecule has 0 bridgehead atoms. The molecule has 1 N–H and O–H groups in total. The third kappa shape index (κ3) is 1.81. The maximum atomic E-state index is 12.7. The summed E-state index contributed by atoms with van der Waals surface area (Å²) in [5.74, 6) is 0.605. The van der Waals surface area contributed by atoms with Crippen LogP contribution >= 0.6 is 22.9 Å². The van der Waals surface area contributed by atoms with Crippen molar-refractivity contribution in [2.45, 2.75) is 44.7 Å². The van der Waals surface area contributed by atoms with E-state index >= 15 is 0 Å². The molecule has 1 aromatic heterocycles. The van der Waals surface area contributed by atoms with Crippen LogP contribution in [0, 0.1) is 5.92 Å². The first-order valence-corrected chi connectivity index (χ1v) is 9.19. The Balaban J connectivity index is 1.76. The van der Waals surface area contributed by atoms with Gasteiger partial charge in [0.2, 0.25) is 0 Å². The maximum absolute atomic E-state index is 12.7. The van der Waals surface area contributed by atoms with Crippen molar-refractivity contribution in [3.05, 3.63) is 21.4 Å². The number of rotatable bonds is 2. The standard InChI is InChI=1S/C16H20ClN3OS/c1-3-16-5-4-6-20(16)14(21)10-7-11(22-13(10)16)12-9(2)8-18-15(17)19-12/h7,9,12H,3-6,8H2,1-2H3,(H,18,19). The number of hydrogen-bond acceptors (Lipinski definition) is 4. The van der Waals surface area contributed by atoms with Crippen molar-refractivity contribution in [1.29, 1.82) is 0 Å². The molecule has 1 saturated heterocycles. The first kappa shape index (κ1) is 14.5. The van der Waals surface area contributed by atoms with Crippen molar-refractivity contribution in [2.75, 3.05) is 13.1 Å². The lowest BCUT2D eigenvalue weighted by Gasteiger charge is -2.32. The lowest BCUT2D eigenvalue weighted by molar-refractivity contribution is 0.0656. The summed E-state index contributed by atoms with van der Waals surface area (Å²) in [5, 5.41) is 3.76. The summed E-state index contributed by atoms with van der Waals surface area (Å²) >= 11 is 7.86. The van der Waals surface area contributed by atoms with Crippen LogP contribution < -0.4 is 5.32 Å². The van der Waals surface area contributed by atoms with Crippen LogP contribution in [0.1, 0.15) is 59.3 Å². The number of carbonyl (C=O) groups excluding carboxylic acids is 1. The number of halogens is 1. The van der Waals surface area contributed by atoms with Crippen LogP contribution in [0.25, 0.3) is 0 Å². The normalized spacial score (nSPS) is 33.5. The Bertz CT molecular complexity index is 670. The van der Waals surface area contributed by atoms with Gasteiger partial charge >= 0.3 is 0 Å². The number of nitrogens with zero attached hydrogens (tertiary/aromatic N) is 2. The molecule has 3 unspecified atom stereocenters. The van der Waals surface area contributed by atoms with Gasteiger partial charge in [0.15, 0.2) is 5.29 Å². The molecule has 6 heteroatoms. The minimum absolute atomic E-state index is 0.0366. The second-order valence-electron chi connectivity index (χ2n) is 6.57. The first-order chi connectivity index (χ1) is 10.6. The number of aliphatic imine (C=N–C) groups is 1. The molecule has 0 saturated carbocycles. The molecule has 1 amide bonds. The van der Waals surface area contributed by atoms with Gasteiger partial charge in [-0.05, 0) is 36.9 Å². The average molecular weight is 338 g/mol. The van der Waals surface area contributed by atoms with Crippen molar-refractivity contribution in [1.82, 2.24) is 10.2 Å². The zero-order valence-corrected chi connectivity index (χ0v) is 14.4. The van der Waals surface area contributed by atoms with Gasteiger partial charge in [0.05, 0.1) is 17.1 Å². The Hall–Kier alpha value is -1.07. The van der Waals surface area contributed by atoms with Crippen LogP contribution in [0.2, 0.25) is 0 Å². The minimum Gasteiger partial charge on any atom is -0.353 e. The fourth-order valence-electron chi connectivity index (χ4n) is 4.15. The molecule has 22 heavy (non-hydrogen) atoms. The quantitative estimate of drug-likeness (QED) is 0.840. The second kappa shape index (κ2) is 4.96. The Morgan fingerprint density at radius 3 is 3.18 bits per heavy atom. The number of amidine groups is 1. The number of fused-ring (bicyclic) bond motifs is 3. The van der Waals surface area contributed by atoms with Crippen molar-refractivity contribution >= 4 is 34.1 Å². The van der Waals surface area contributed by atoms with Gasteiger partial charge in [-0.1, -0.05) is 13.8 Å². The van der Waals surface area contributed by atoms with Crippen molar-refractivity contribution in [3.63, 3.8) is 0 Å². The predicted molar refractivity (Wildman–Crippen MR) is 89.8 cm³/mol. The highest BCUT2D eigenvalue weighted by Gasteiger charge is 2.52. The number of hydrogen-bond donors (Lipinski definition) is 1. The van der Waals surface area contributed by atoms with E-state index in [9.17, 15) is 4.79 Å². The molecule has 3 aliphatic heterocycles. The molecule has 0 aliphatic carbocycles. The van der Waals surface area contributed by atoms with E-state index < -0.39 is 0 Å². The summed E-state index contributed by atoms with van der Waals surface area (Å²) in [7, 11) is 0. The third-order valence-electron chi connectivity index (χ3n) is 5.39. The number of amides is 1. The number of carbonyl (C=O) groups is 1. The Morgan fingerprint density at radius 1 is 1.59 bits per heavy atom. The second-order valence-corrected chi connectivity index (χ2v) is 8.01. The summed E-state index contributed by atoms with van der Waals surface area (Å²) in [5.41, 5.74) is 0.889. The van der Waals surface area contributed by atoms with E-state index in [1.807, 2.05) is 0 Å². The highest BCUT2D eigenvalue weighted by atomic mass is 35.5. The van der Waals surface area contributed by atoms with E-state index in [1.54, 1.807) is 11.3 Å². The highest BCUT2D eigenvalue weighted by molar-refractivity contribution is 7.12. The molecule has 4 heterocycles. The fourth-order valence-corrected chi connectivity index (χ4v) is 5.97. The van der Waals surface area contributed by atoms with Gasteiger partial charge in [-0.15, -0.1) is 11.3 Å². The smallest absolute Gasteiger partial charge is 0.255 e. The predicted octanol–water partition coefficient (Wildman–Crippen LogP) is 3.48. The Labute approximate surface area is 139 Å². The summed E-state index contributed by atoms with van der Waals surface area (Å²) in [4.78, 5) is 21.6. The van der Waals surface area contributed by atoms with Gasteiger partial charge in [0.25, 0.3) is 5.91 Å². The minimum atomic E-state index is -0.0366. The Morgan fingerprint density at radius 2 is 2.41 bits per heavy atom. The van der Waals surface area contributed by atoms with Crippen LogP contribution in [-0.4, -0.2) is 29.2 Å². The number of thiophene rings is 1. The highest BCUT2D eigenvalue weighted by Crippen LogP contribution is 2.53. The molecular formula is C16H20ClN3OS. The lowest BCUT2D eigenvalue weighted by atomic mass is 9.92. The molecule has 1 aromatic rings. The average Bonchev–Trinajstić information content (AvgIpc) is 3.16. The summed E-state index contributed by atoms with van der Waals surface area (Å²) in [6.07, 6.45) is 3.21. The zero-order valence-electron chi connectivity index (χ0n) is 12.9. The van der Waals surface area contributed by atoms with Crippen molar-refractivity contribution in [3.8, 4) is 0 Å². The van der Waals surface area contributed by atoms with Gasteiger partial charge in [-0.3, -0.25) is 9.79 Å². The summed E-state index contributed by atoms with van der Waals surface area (Å²) < 4.78 is 0. The summed E-state index contributed by atoms with van der Waals surface area (Å²) in [6.45, 7) is 6.01. The molecular weight excluding hydrogens is 318 g/mol. The van der Waals surface area contributed by atoms with Gasteiger partial charge < -0.3 is 10.2 Å². The first-order valence-electron chi connectivity index (χ1n) is 7.99. The van der Waals surface area contributed by atoms with Gasteiger partial charge in [0, 0.05) is 28.8 Å². The van der Waals surface area contributed by atoms with Crippen molar-refractivity contribution in [2.24, 2.45) is 10.9 Å². The molecule has 0 spiro atoms. The van der Waals surface area contributed by atoms with E-state index in [0.717, 1.165) is 37.9 Å². The van der Waals surface area contributed by atoms with Crippen molar-refractivity contribution < 1.29 is 4.79 Å². The van der Waals surface area contributed by atoms with Gasteiger partial charge in [0.1, 0.15) is 0 Å². The molecule has 118 valence electrons. The van der Waals surface area contributed by atoms with Gasteiger partial charge in [-0.25, -0.2) is 0 Å². The van der Waals surface area contributed by atoms with Crippen LogP contribution in [0.3, 0.4) is 0 Å². The summed E-state index contributed by atoms with van der Waals surface area (Å²) in [6, 6.07) is 2.26. The maximum Gasteiger partial charge on any atom is 0.255 e.